The van der Waals surface area contributed by atoms with Crippen molar-refractivity contribution in [1.29, 1.82) is 0 Å². The minimum Gasteiger partial charge on any atom is -0.392 e. The van der Waals surface area contributed by atoms with E-state index in [0.29, 0.717) is 0 Å². The van der Waals surface area contributed by atoms with E-state index in [1.165, 1.54) is 11.8 Å². The van der Waals surface area contributed by atoms with Crippen LogP contribution in [-0.2, 0) is 6.61 Å². The van der Waals surface area contributed by atoms with Gasteiger partial charge in [0.25, 0.3) is 0 Å². The Labute approximate surface area is 115 Å². The molecule has 3 aromatic rings. The van der Waals surface area contributed by atoms with Gasteiger partial charge in [0.15, 0.2) is 0 Å². The third-order valence-electron chi connectivity index (χ3n) is 2.97. The molecule has 0 saturated heterocycles. The molecule has 4 nitrogen and oxygen atoms in total. The van der Waals surface area contributed by atoms with Gasteiger partial charge in [-0.15, -0.1) is 5.10 Å². The van der Waals surface area contributed by atoms with E-state index in [2.05, 4.69) is 10.1 Å². The lowest BCUT2D eigenvalue weighted by atomic mass is 10.1. The highest BCUT2D eigenvalue weighted by molar-refractivity contribution is 7.98. The number of aliphatic hydroxyl groups is 1. The van der Waals surface area contributed by atoms with Crippen LogP contribution in [0.1, 0.15) is 5.56 Å². The van der Waals surface area contributed by atoms with Crippen LogP contribution in [0.2, 0.25) is 0 Å². The minimum absolute atomic E-state index is 0.0438. The molecule has 0 amide bonds. The molecule has 0 bridgehead atoms. The summed E-state index contributed by atoms with van der Waals surface area (Å²) in [5, 5.41) is 14.4. The third-order valence-corrected chi connectivity index (χ3v) is 3.52. The summed E-state index contributed by atoms with van der Waals surface area (Å²) in [6.45, 7) is 0.0438. The normalized spacial score (nSPS) is 11.1. The number of hydrogen-bond acceptors (Lipinski definition) is 4. The molecular weight excluding hydrogens is 258 g/mol. The second kappa shape index (κ2) is 5.03. The number of fused-ring (bicyclic) bond motifs is 1. The molecule has 0 fully saturated rings. The van der Waals surface area contributed by atoms with Gasteiger partial charge in [0.2, 0.25) is 5.16 Å². The summed E-state index contributed by atoms with van der Waals surface area (Å²) in [6, 6.07) is 11.8. The molecule has 0 aliphatic carbocycles. The molecule has 2 heterocycles. The van der Waals surface area contributed by atoms with Gasteiger partial charge in [-0.25, -0.2) is 9.50 Å². The summed E-state index contributed by atoms with van der Waals surface area (Å²) < 4.78 is 1.88. The van der Waals surface area contributed by atoms with Crippen molar-refractivity contribution in [3.05, 3.63) is 48.2 Å². The zero-order valence-electron chi connectivity index (χ0n) is 10.4. The molecule has 0 atom stereocenters. The van der Waals surface area contributed by atoms with Crippen LogP contribution in [-0.4, -0.2) is 26.0 Å². The molecule has 96 valence electrons. The number of hydrogen-bond donors (Lipinski definition) is 1. The van der Waals surface area contributed by atoms with E-state index in [1.807, 2.05) is 53.4 Å². The summed E-state index contributed by atoms with van der Waals surface area (Å²) in [4.78, 5) is 4.26. The van der Waals surface area contributed by atoms with Crippen molar-refractivity contribution >= 4 is 17.3 Å². The molecule has 0 saturated carbocycles. The molecule has 3 rings (SSSR count). The summed E-state index contributed by atoms with van der Waals surface area (Å²) in [5.41, 5.74) is 3.90. The maximum absolute atomic E-state index is 9.22. The van der Waals surface area contributed by atoms with Crippen molar-refractivity contribution in [3.63, 3.8) is 0 Å². The van der Waals surface area contributed by atoms with Crippen LogP contribution in [0.3, 0.4) is 0 Å². The van der Waals surface area contributed by atoms with E-state index in [9.17, 15) is 5.11 Å². The van der Waals surface area contributed by atoms with Gasteiger partial charge in [-0.05, 0) is 30.0 Å². The minimum atomic E-state index is 0.0438. The average molecular weight is 271 g/mol. The van der Waals surface area contributed by atoms with Crippen molar-refractivity contribution in [3.8, 4) is 11.3 Å². The van der Waals surface area contributed by atoms with Gasteiger partial charge < -0.3 is 5.11 Å². The van der Waals surface area contributed by atoms with Crippen LogP contribution in [0, 0.1) is 0 Å². The molecule has 5 heteroatoms. The van der Waals surface area contributed by atoms with Gasteiger partial charge >= 0.3 is 0 Å². The number of rotatable bonds is 3. The zero-order valence-corrected chi connectivity index (χ0v) is 11.3. The molecule has 1 N–H and O–H groups in total. The van der Waals surface area contributed by atoms with E-state index in [4.69, 9.17) is 0 Å². The van der Waals surface area contributed by atoms with Crippen molar-refractivity contribution in [2.24, 2.45) is 0 Å². The van der Waals surface area contributed by atoms with Crippen LogP contribution in [0.5, 0.6) is 0 Å². The maximum Gasteiger partial charge on any atom is 0.207 e. The van der Waals surface area contributed by atoms with E-state index >= 15 is 0 Å². The van der Waals surface area contributed by atoms with Gasteiger partial charge in [-0.3, -0.25) is 0 Å². The number of aliphatic hydroxyl groups excluding tert-OH is 1. The van der Waals surface area contributed by atoms with Crippen LogP contribution in [0.25, 0.3) is 16.8 Å². The Morgan fingerprint density at radius 1 is 1.26 bits per heavy atom. The summed E-state index contributed by atoms with van der Waals surface area (Å²) in [5.74, 6) is 0. The Hall–Kier alpha value is -1.85. The predicted octanol–water partition coefficient (Wildman–Crippen LogP) is 2.61. The van der Waals surface area contributed by atoms with Gasteiger partial charge in [-0.1, -0.05) is 30.0 Å². The molecule has 1 aromatic carbocycles. The van der Waals surface area contributed by atoms with Gasteiger partial charge in [0, 0.05) is 5.56 Å². The highest BCUT2D eigenvalue weighted by Gasteiger charge is 2.07. The van der Waals surface area contributed by atoms with Crippen LogP contribution in [0.4, 0.5) is 0 Å². The van der Waals surface area contributed by atoms with E-state index in [1.54, 1.807) is 0 Å². The first-order valence-corrected chi connectivity index (χ1v) is 7.13. The lowest BCUT2D eigenvalue weighted by molar-refractivity contribution is 0.282. The lowest BCUT2D eigenvalue weighted by Gasteiger charge is -2.05. The Kier molecular flexibility index (Phi) is 3.23. The number of thioether (sulfide) groups is 1. The Bertz CT molecular complexity index is 724. The molecule has 0 spiro atoms. The molecule has 19 heavy (non-hydrogen) atoms. The number of benzene rings is 1. The first-order chi connectivity index (χ1) is 9.31. The third kappa shape index (κ3) is 2.22. The fraction of sp³-hybridized carbons (Fsp3) is 0.143. The number of nitrogens with zero attached hydrogens (tertiary/aromatic N) is 3. The second-order valence-corrected chi connectivity index (χ2v) is 4.93. The smallest absolute Gasteiger partial charge is 0.207 e. The molecule has 0 aliphatic rings. The first-order valence-electron chi connectivity index (χ1n) is 5.91. The fourth-order valence-electron chi connectivity index (χ4n) is 2.03. The van der Waals surface area contributed by atoms with Gasteiger partial charge in [0.1, 0.15) is 0 Å². The Balaban J connectivity index is 2.18. The molecule has 0 aliphatic heterocycles. The quantitative estimate of drug-likeness (QED) is 0.744. The highest BCUT2D eigenvalue weighted by atomic mass is 32.2. The van der Waals surface area contributed by atoms with Crippen LogP contribution < -0.4 is 0 Å². The number of aromatic nitrogens is 3. The highest BCUT2D eigenvalue weighted by Crippen LogP contribution is 2.23. The first kappa shape index (κ1) is 12.2. The summed E-state index contributed by atoms with van der Waals surface area (Å²) in [6.07, 6.45) is 3.77. The molecule has 2 aromatic heterocycles. The Morgan fingerprint density at radius 3 is 2.95 bits per heavy atom. The maximum atomic E-state index is 9.22. The summed E-state index contributed by atoms with van der Waals surface area (Å²) in [7, 11) is 0. The van der Waals surface area contributed by atoms with E-state index in [-0.39, 0.29) is 6.61 Å². The standard InChI is InChI=1S/C14H13N3OS/c1-19-14-15-8-12-5-6-13(17(12)16-14)11-4-2-3-10(7-11)9-18/h2-8,18H,9H2,1H3. The average Bonchev–Trinajstić information content (AvgIpc) is 2.90. The van der Waals surface area contributed by atoms with Crippen LogP contribution >= 0.6 is 11.8 Å². The Morgan fingerprint density at radius 2 is 2.16 bits per heavy atom. The van der Waals surface area contributed by atoms with Gasteiger partial charge in [0.05, 0.1) is 24.0 Å². The SMILES string of the molecule is CSc1ncc2ccc(-c3cccc(CO)c3)n2n1. The van der Waals surface area contributed by atoms with Crippen molar-refractivity contribution in [1.82, 2.24) is 14.6 Å². The van der Waals surface area contributed by atoms with Crippen molar-refractivity contribution in [2.75, 3.05) is 6.26 Å². The molecule has 0 radical (unpaired) electrons. The largest absolute Gasteiger partial charge is 0.392 e. The topological polar surface area (TPSA) is 50.4 Å². The summed E-state index contributed by atoms with van der Waals surface area (Å²) >= 11 is 1.52. The monoisotopic (exact) mass is 271 g/mol. The lowest BCUT2D eigenvalue weighted by Crippen LogP contribution is -1.98. The van der Waals surface area contributed by atoms with Crippen LogP contribution in [0.15, 0.2) is 47.8 Å². The second-order valence-electron chi connectivity index (χ2n) is 4.16. The van der Waals surface area contributed by atoms with E-state index < -0.39 is 0 Å². The van der Waals surface area contributed by atoms with Crippen molar-refractivity contribution < 1.29 is 5.11 Å². The van der Waals surface area contributed by atoms with E-state index in [0.717, 1.165) is 27.5 Å². The molecular formula is C14H13N3OS. The fourth-order valence-corrected chi connectivity index (χ4v) is 2.35. The van der Waals surface area contributed by atoms with Crippen molar-refractivity contribution in [2.45, 2.75) is 11.8 Å². The molecule has 0 unspecified atom stereocenters. The predicted molar refractivity (Wildman–Crippen MR) is 76.1 cm³/mol. The zero-order chi connectivity index (χ0) is 13.2. The van der Waals surface area contributed by atoms with Gasteiger partial charge in [-0.2, -0.15) is 0 Å².